The number of rotatable bonds is 3. The summed E-state index contributed by atoms with van der Waals surface area (Å²) in [6, 6.07) is 8.43. The van der Waals surface area contributed by atoms with Crippen LogP contribution in [0, 0.1) is 5.92 Å². The molecule has 0 saturated heterocycles. The van der Waals surface area contributed by atoms with Crippen LogP contribution in [0.5, 0.6) is 0 Å². The SMILES string of the molecule is OC(C/C=c1/c2ccccc2c2cncn12)C1CCCCC1. The molecule has 1 fully saturated rings. The Morgan fingerprint density at radius 3 is 2.77 bits per heavy atom. The molecular formula is C19H22N2O. The largest absolute Gasteiger partial charge is 0.393 e. The second-order valence-corrected chi connectivity index (χ2v) is 6.48. The second-order valence-electron chi connectivity index (χ2n) is 6.48. The molecule has 0 bridgehead atoms. The molecule has 1 saturated carbocycles. The van der Waals surface area contributed by atoms with Crippen molar-refractivity contribution in [1.82, 2.24) is 9.38 Å². The van der Waals surface area contributed by atoms with Crippen molar-refractivity contribution in [2.45, 2.75) is 44.6 Å². The van der Waals surface area contributed by atoms with Crippen molar-refractivity contribution in [2.75, 3.05) is 0 Å². The highest BCUT2D eigenvalue weighted by Gasteiger charge is 2.20. The van der Waals surface area contributed by atoms with Gasteiger partial charge in [0.15, 0.2) is 0 Å². The maximum Gasteiger partial charge on any atom is 0.0997 e. The number of nitrogens with zero attached hydrogens (tertiary/aromatic N) is 2. The molecule has 3 nitrogen and oxygen atoms in total. The zero-order valence-corrected chi connectivity index (χ0v) is 12.8. The van der Waals surface area contributed by atoms with E-state index in [2.05, 4.69) is 39.7 Å². The molecule has 4 rings (SSSR count). The average Bonchev–Trinajstić information content (AvgIpc) is 3.15. The lowest BCUT2D eigenvalue weighted by molar-refractivity contribution is 0.0902. The van der Waals surface area contributed by atoms with E-state index >= 15 is 0 Å². The molecule has 3 heteroatoms. The van der Waals surface area contributed by atoms with Crippen LogP contribution in [0.25, 0.3) is 22.4 Å². The number of aliphatic hydroxyl groups excluding tert-OH is 1. The smallest absolute Gasteiger partial charge is 0.0997 e. The zero-order valence-electron chi connectivity index (χ0n) is 12.8. The van der Waals surface area contributed by atoms with Crippen LogP contribution in [-0.4, -0.2) is 20.6 Å². The Kier molecular flexibility index (Phi) is 3.59. The third kappa shape index (κ3) is 2.30. The summed E-state index contributed by atoms with van der Waals surface area (Å²) in [7, 11) is 0. The molecule has 114 valence electrons. The molecule has 22 heavy (non-hydrogen) atoms. The molecule has 1 atom stereocenters. The third-order valence-corrected chi connectivity index (χ3v) is 5.12. The summed E-state index contributed by atoms with van der Waals surface area (Å²) in [4.78, 5) is 4.27. The van der Waals surface area contributed by atoms with Gasteiger partial charge in [-0.25, -0.2) is 4.98 Å². The van der Waals surface area contributed by atoms with Crippen molar-refractivity contribution in [2.24, 2.45) is 5.92 Å². The van der Waals surface area contributed by atoms with Gasteiger partial charge in [0.1, 0.15) is 0 Å². The Labute approximate surface area is 130 Å². The van der Waals surface area contributed by atoms with Crippen molar-refractivity contribution in [3.05, 3.63) is 42.1 Å². The van der Waals surface area contributed by atoms with Crippen molar-refractivity contribution in [3.8, 4) is 0 Å². The van der Waals surface area contributed by atoms with Gasteiger partial charge in [-0.05, 0) is 25.2 Å². The van der Waals surface area contributed by atoms with Gasteiger partial charge in [-0.3, -0.25) is 4.40 Å². The minimum absolute atomic E-state index is 0.215. The summed E-state index contributed by atoms with van der Waals surface area (Å²) in [5.74, 6) is 0.476. The number of imidazole rings is 1. The molecule has 0 spiro atoms. The summed E-state index contributed by atoms with van der Waals surface area (Å²) >= 11 is 0. The maximum absolute atomic E-state index is 10.5. The highest BCUT2D eigenvalue weighted by molar-refractivity contribution is 5.97. The highest BCUT2D eigenvalue weighted by atomic mass is 16.3. The molecular weight excluding hydrogens is 272 g/mol. The summed E-state index contributed by atoms with van der Waals surface area (Å²) in [5.41, 5.74) is 1.15. The second kappa shape index (κ2) is 5.73. The number of hydrogen-bond acceptors (Lipinski definition) is 2. The van der Waals surface area contributed by atoms with Crippen LogP contribution in [0.3, 0.4) is 0 Å². The molecule has 0 aliphatic heterocycles. The number of benzene rings is 1. The molecule has 2 heterocycles. The summed E-state index contributed by atoms with van der Waals surface area (Å²) < 4.78 is 2.14. The first-order chi connectivity index (χ1) is 10.8. The standard InChI is InChI=1S/C19H22N2O/c22-19(14-6-2-1-3-7-14)11-10-17-15-8-4-5-9-16(15)18-12-20-13-21(17)18/h4-5,8-10,12-14,19,22H,1-3,6-7,11H2/b17-10-. The van der Waals surface area contributed by atoms with E-state index in [9.17, 15) is 5.11 Å². The van der Waals surface area contributed by atoms with Gasteiger partial charge >= 0.3 is 0 Å². The van der Waals surface area contributed by atoms with Crippen molar-refractivity contribution >= 4 is 22.4 Å². The lowest BCUT2D eigenvalue weighted by atomic mass is 9.84. The van der Waals surface area contributed by atoms with Crippen LogP contribution in [0.15, 0.2) is 36.8 Å². The minimum atomic E-state index is -0.215. The molecule has 1 unspecified atom stereocenters. The molecule has 2 aromatic heterocycles. The summed E-state index contributed by atoms with van der Waals surface area (Å²) in [6.07, 6.45) is 12.7. The first kappa shape index (κ1) is 13.8. The molecule has 0 radical (unpaired) electrons. The average molecular weight is 294 g/mol. The van der Waals surface area contributed by atoms with E-state index in [1.54, 1.807) is 0 Å². The lowest BCUT2D eigenvalue weighted by Gasteiger charge is -2.25. The maximum atomic E-state index is 10.5. The fraction of sp³-hybridized carbons (Fsp3) is 0.421. The Morgan fingerprint density at radius 1 is 1.18 bits per heavy atom. The van der Waals surface area contributed by atoms with E-state index in [0.717, 1.165) is 17.3 Å². The van der Waals surface area contributed by atoms with Gasteiger partial charge in [0, 0.05) is 10.8 Å². The van der Waals surface area contributed by atoms with Crippen molar-refractivity contribution < 1.29 is 5.11 Å². The monoisotopic (exact) mass is 294 g/mol. The van der Waals surface area contributed by atoms with Gasteiger partial charge in [-0.15, -0.1) is 0 Å². The van der Waals surface area contributed by atoms with Gasteiger partial charge in [0.2, 0.25) is 0 Å². The molecule has 1 aliphatic rings. The van der Waals surface area contributed by atoms with E-state index in [4.69, 9.17) is 0 Å². The van der Waals surface area contributed by atoms with Crippen LogP contribution in [0.1, 0.15) is 38.5 Å². The third-order valence-electron chi connectivity index (χ3n) is 5.12. The fourth-order valence-electron chi connectivity index (χ4n) is 3.90. The van der Waals surface area contributed by atoms with E-state index in [1.807, 2.05) is 12.5 Å². The first-order valence-electron chi connectivity index (χ1n) is 8.35. The number of aromatic nitrogens is 2. The summed E-state index contributed by atoms with van der Waals surface area (Å²) in [6.45, 7) is 0. The van der Waals surface area contributed by atoms with E-state index in [0.29, 0.717) is 5.92 Å². The van der Waals surface area contributed by atoms with E-state index < -0.39 is 0 Å². The van der Waals surface area contributed by atoms with Crippen LogP contribution in [0.2, 0.25) is 0 Å². The van der Waals surface area contributed by atoms with Gasteiger partial charge in [0.25, 0.3) is 0 Å². The van der Waals surface area contributed by atoms with Crippen molar-refractivity contribution in [3.63, 3.8) is 0 Å². The Hall–Kier alpha value is -1.87. The van der Waals surface area contributed by atoms with Crippen LogP contribution >= 0.6 is 0 Å². The molecule has 3 aromatic rings. The van der Waals surface area contributed by atoms with Gasteiger partial charge in [-0.2, -0.15) is 0 Å². The number of hydrogen-bond donors (Lipinski definition) is 1. The quantitative estimate of drug-likeness (QED) is 0.804. The predicted molar refractivity (Wildman–Crippen MR) is 89.6 cm³/mol. The zero-order chi connectivity index (χ0) is 14.9. The van der Waals surface area contributed by atoms with Crippen molar-refractivity contribution in [1.29, 1.82) is 0 Å². The van der Waals surface area contributed by atoms with Crippen LogP contribution in [0.4, 0.5) is 0 Å². The fourth-order valence-corrected chi connectivity index (χ4v) is 3.90. The Balaban J connectivity index is 1.70. The highest BCUT2D eigenvalue weighted by Crippen LogP contribution is 2.28. The van der Waals surface area contributed by atoms with E-state index in [-0.39, 0.29) is 6.10 Å². The molecule has 1 aromatic carbocycles. The molecule has 1 aliphatic carbocycles. The number of aliphatic hydroxyl groups is 1. The number of fused-ring (bicyclic) bond motifs is 3. The molecule has 0 amide bonds. The summed E-state index contributed by atoms with van der Waals surface area (Å²) in [5, 5.41) is 14.2. The minimum Gasteiger partial charge on any atom is -0.393 e. The van der Waals surface area contributed by atoms with Gasteiger partial charge in [-0.1, -0.05) is 49.6 Å². The van der Waals surface area contributed by atoms with Gasteiger partial charge < -0.3 is 5.11 Å². The molecule has 1 N–H and O–H groups in total. The van der Waals surface area contributed by atoms with E-state index in [1.165, 1.54) is 42.9 Å². The Morgan fingerprint density at radius 2 is 1.95 bits per heavy atom. The Bertz CT molecular complexity index is 830. The van der Waals surface area contributed by atoms with Crippen LogP contribution < -0.4 is 5.35 Å². The first-order valence-corrected chi connectivity index (χ1v) is 8.35. The van der Waals surface area contributed by atoms with Gasteiger partial charge in [0.05, 0.1) is 29.5 Å². The predicted octanol–water partition coefficient (Wildman–Crippen LogP) is 3.32. The normalized spacial score (nSPS) is 19.2. The van der Waals surface area contributed by atoms with Crippen LogP contribution in [-0.2, 0) is 0 Å². The lowest BCUT2D eigenvalue weighted by Crippen LogP contribution is -2.23. The topological polar surface area (TPSA) is 37.5 Å².